The molecular weight excluding hydrogens is 350 g/mol. The van der Waals surface area contributed by atoms with Crippen LogP contribution in [-0.2, 0) is 11.2 Å². The molecule has 3 rings (SSSR count). The lowest BCUT2D eigenvalue weighted by Crippen LogP contribution is -2.18. The molecule has 6 heteroatoms. The SMILES string of the molecule is O=C(O)c1ccccc1.O=C1CCc2cc(OCCCCS)ccc2N1. The molecule has 0 saturated carbocycles. The molecule has 0 aliphatic carbocycles. The molecule has 0 spiro atoms. The Hall–Kier alpha value is -2.47. The molecule has 0 saturated heterocycles. The molecule has 1 amide bonds. The summed E-state index contributed by atoms with van der Waals surface area (Å²) in [5.74, 6) is 1.01. The van der Waals surface area contributed by atoms with E-state index < -0.39 is 5.97 Å². The van der Waals surface area contributed by atoms with Gasteiger partial charge < -0.3 is 15.2 Å². The van der Waals surface area contributed by atoms with Gasteiger partial charge in [-0.25, -0.2) is 4.79 Å². The number of unbranched alkanes of at least 4 members (excludes halogenated alkanes) is 1. The molecule has 5 nitrogen and oxygen atoms in total. The van der Waals surface area contributed by atoms with Crippen LogP contribution in [0.2, 0.25) is 0 Å². The van der Waals surface area contributed by atoms with Crippen LogP contribution in [0.3, 0.4) is 0 Å². The molecule has 0 aromatic heterocycles. The highest BCUT2D eigenvalue weighted by molar-refractivity contribution is 7.80. The normalized spacial score (nSPS) is 12.3. The fourth-order valence-electron chi connectivity index (χ4n) is 2.43. The summed E-state index contributed by atoms with van der Waals surface area (Å²) in [4.78, 5) is 21.4. The minimum atomic E-state index is -0.879. The Bertz CT molecular complexity index is 734. The summed E-state index contributed by atoms with van der Waals surface area (Å²) in [6.07, 6.45) is 3.46. The molecule has 0 unspecified atom stereocenters. The summed E-state index contributed by atoms with van der Waals surface area (Å²) in [6, 6.07) is 14.1. The Kier molecular flexibility index (Phi) is 8.02. The summed E-state index contributed by atoms with van der Waals surface area (Å²) in [5, 5.41) is 11.2. The number of hydrogen-bond donors (Lipinski definition) is 3. The lowest BCUT2D eigenvalue weighted by Gasteiger charge is -2.17. The Morgan fingerprint density at radius 1 is 1.12 bits per heavy atom. The molecule has 1 aliphatic rings. The van der Waals surface area contributed by atoms with Gasteiger partial charge in [-0.15, -0.1) is 0 Å². The Balaban J connectivity index is 0.000000228. The second kappa shape index (κ2) is 10.5. The molecule has 0 fully saturated rings. The van der Waals surface area contributed by atoms with Crippen LogP contribution in [-0.4, -0.2) is 29.3 Å². The van der Waals surface area contributed by atoms with Gasteiger partial charge in [0, 0.05) is 12.1 Å². The largest absolute Gasteiger partial charge is 0.494 e. The van der Waals surface area contributed by atoms with Crippen molar-refractivity contribution in [2.24, 2.45) is 0 Å². The van der Waals surface area contributed by atoms with E-state index in [0.29, 0.717) is 12.0 Å². The number of aryl methyl sites for hydroxylation is 1. The highest BCUT2D eigenvalue weighted by Gasteiger charge is 2.14. The van der Waals surface area contributed by atoms with Crippen molar-refractivity contribution in [1.29, 1.82) is 0 Å². The number of carboxylic acids is 1. The standard InChI is InChI=1S/C13H17NO2S.C7H6O2/c15-13-6-3-10-9-11(4-5-12(10)14-13)16-7-1-2-8-17;8-7(9)6-4-2-1-3-5-6/h4-5,9,17H,1-3,6-8H2,(H,14,15);1-5H,(H,8,9). The zero-order valence-electron chi connectivity index (χ0n) is 14.5. The monoisotopic (exact) mass is 373 g/mol. The van der Waals surface area contributed by atoms with Crippen molar-refractivity contribution in [3.05, 3.63) is 59.7 Å². The van der Waals surface area contributed by atoms with E-state index in [0.717, 1.165) is 48.6 Å². The van der Waals surface area contributed by atoms with E-state index in [4.69, 9.17) is 9.84 Å². The van der Waals surface area contributed by atoms with Gasteiger partial charge in [-0.05, 0) is 60.9 Å². The minimum Gasteiger partial charge on any atom is -0.494 e. The average molecular weight is 373 g/mol. The first kappa shape index (κ1) is 19.8. The van der Waals surface area contributed by atoms with Crippen LogP contribution in [0.5, 0.6) is 5.75 Å². The molecular formula is C20H23NO4S. The van der Waals surface area contributed by atoms with Gasteiger partial charge >= 0.3 is 5.97 Å². The van der Waals surface area contributed by atoms with Crippen LogP contribution < -0.4 is 10.1 Å². The number of carboxylic acid groups (broad SMARTS) is 1. The molecule has 2 aromatic rings. The van der Waals surface area contributed by atoms with Gasteiger partial charge in [-0.1, -0.05) is 18.2 Å². The van der Waals surface area contributed by atoms with Crippen molar-refractivity contribution < 1.29 is 19.4 Å². The maximum atomic E-state index is 11.2. The summed E-state index contributed by atoms with van der Waals surface area (Å²) >= 11 is 4.16. The van der Waals surface area contributed by atoms with E-state index in [2.05, 4.69) is 17.9 Å². The third kappa shape index (κ3) is 6.44. The number of hydrogen-bond acceptors (Lipinski definition) is 4. The molecule has 2 N–H and O–H groups in total. The Morgan fingerprint density at radius 2 is 1.88 bits per heavy atom. The van der Waals surface area contributed by atoms with E-state index in [1.165, 1.54) is 0 Å². The van der Waals surface area contributed by atoms with E-state index >= 15 is 0 Å². The molecule has 2 aromatic carbocycles. The molecule has 0 bridgehead atoms. The van der Waals surface area contributed by atoms with Crippen LogP contribution in [0.25, 0.3) is 0 Å². The number of benzene rings is 2. The predicted octanol–water partition coefficient (Wildman–Crippen LogP) is 4.04. The highest BCUT2D eigenvalue weighted by Crippen LogP contribution is 2.26. The number of aromatic carboxylic acids is 1. The zero-order chi connectivity index (χ0) is 18.8. The van der Waals surface area contributed by atoms with Gasteiger partial charge in [-0.2, -0.15) is 12.6 Å². The van der Waals surface area contributed by atoms with Gasteiger partial charge in [0.25, 0.3) is 0 Å². The second-order valence-corrected chi connectivity index (χ2v) is 6.26. The maximum absolute atomic E-state index is 11.2. The van der Waals surface area contributed by atoms with Crippen molar-refractivity contribution in [3.63, 3.8) is 0 Å². The number of carbonyl (C=O) groups is 2. The van der Waals surface area contributed by atoms with E-state index in [1.807, 2.05) is 18.2 Å². The van der Waals surface area contributed by atoms with Crippen molar-refractivity contribution in [3.8, 4) is 5.75 Å². The number of rotatable bonds is 6. The van der Waals surface area contributed by atoms with E-state index in [9.17, 15) is 9.59 Å². The van der Waals surface area contributed by atoms with Crippen molar-refractivity contribution in [1.82, 2.24) is 0 Å². The van der Waals surface area contributed by atoms with Crippen LogP contribution in [0.15, 0.2) is 48.5 Å². The van der Waals surface area contributed by atoms with Gasteiger partial charge in [0.1, 0.15) is 5.75 Å². The smallest absolute Gasteiger partial charge is 0.335 e. The molecule has 138 valence electrons. The van der Waals surface area contributed by atoms with Gasteiger partial charge in [0.15, 0.2) is 0 Å². The zero-order valence-corrected chi connectivity index (χ0v) is 15.4. The first-order valence-electron chi connectivity index (χ1n) is 8.55. The summed E-state index contributed by atoms with van der Waals surface area (Å²) < 4.78 is 5.65. The summed E-state index contributed by atoms with van der Waals surface area (Å²) in [7, 11) is 0. The number of nitrogens with one attached hydrogen (secondary N) is 1. The Labute approximate surface area is 158 Å². The van der Waals surface area contributed by atoms with Crippen LogP contribution in [0, 0.1) is 0 Å². The number of ether oxygens (including phenoxy) is 1. The molecule has 1 heterocycles. The highest BCUT2D eigenvalue weighted by atomic mass is 32.1. The number of carbonyl (C=O) groups excluding carboxylic acids is 1. The number of amides is 1. The predicted molar refractivity (Wildman–Crippen MR) is 105 cm³/mol. The molecule has 1 aliphatic heterocycles. The van der Waals surface area contributed by atoms with Crippen molar-refractivity contribution >= 4 is 30.2 Å². The van der Waals surface area contributed by atoms with Crippen LogP contribution in [0.4, 0.5) is 5.69 Å². The number of fused-ring (bicyclic) bond motifs is 1. The maximum Gasteiger partial charge on any atom is 0.335 e. The third-order valence-corrected chi connectivity index (χ3v) is 4.13. The average Bonchev–Trinajstić information content (AvgIpc) is 2.66. The number of anilines is 1. The molecule has 0 atom stereocenters. The first-order chi connectivity index (χ1) is 12.6. The van der Waals surface area contributed by atoms with Crippen LogP contribution >= 0.6 is 12.6 Å². The van der Waals surface area contributed by atoms with E-state index in [1.54, 1.807) is 30.3 Å². The fourth-order valence-corrected chi connectivity index (χ4v) is 2.66. The summed E-state index contributed by atoms with van der Waals surface area (Å²) in [5.41, 5.74) is 2.41. The lowest BCUT2D eigenvalue weighted by atomic mass is 10.0. The molecule has 0 radical (unpaired) electrons. The van der Waals surface area contributed by atoms with Gasteiger partial charge in [0.2, 0.25) is 5.91 Å². The minimum absolute atomic E-state index is 0.0972. The van der Waals surface area contributed by atoms with E-state index in [-0.39, 0.29) is 5.91 Å². The third-order valence-electron chi connectivity index (χ3n) is 3.81. The first-order valence-corrected chi connectivity index (χ1v) is 9.18. The van der Waals surface area contributed by atoms with Gasteiger partial charge in [0.05, 0.1) is 12.2 Å². The number of thiol groups is 1. The topological polar surface area (TPSA) is 75.6 Å². The Morgan fingerprint density at radius 3 is 2.54 bits per heavy atom. The summed E-state index contributed by atoms with van der Waals surface area (Å²) in [6.45, 7) is 0.728. The molecule has 26 heavy (non-hydrogen) atoms. The quantitative estimate of drug-likeness (QED) is 0.528. The van der Waals surface area contributed by atoms with Crippen molar-refractivity contribution in [2.75, 3.05) is 17.7 Å². The van der Waals surface area contributed by atoms with Crippen LogP contribution in [0.1, 0.15) is 35.2 Å². The fraction of sp³-hybridized carbons (Fsp3) is 0.300. The lowest BCUT2D eigenvalue weighted by molar-refractivity contribution is -0.116. The van der Waals surface area contributed by atoms with Crippen molar-refractivity contribution in [2.45, 2.75) is 25.7 Å². The van der Waals surface area contributed by atoms with Gasteiger partial charge in [-0.3, -0.25) is 4.79 Å². The second-order valence-electron chi connectivity index (χ2n) is 5.82.